The van der Waals surface area contributed by atoms with Crippen molar-refractivity contribution in [2.75, 3.05) is 6.54 Å². The highest BCUT2D eigenvalue weighted by molar-refractivity contribution is 7.90. The molecule has 1 aromatic rings. The number of nitrogens with one attached hydrogen (secondary N) is 1. The smallest absolute Gasteiger partial charge is 0.214 e. The molecule has 0 aliphatic rings. The Bertz CT molecular complexity index is 567. The van der Waals surface area contributed by atoms with E-state index in [9.17, 15) is 8.42 Å². The molecule has 0 saturated heterocycles. The molecular formula is C11H12Cl2N2O2S. The molecule has 0 spiro atoms. The Balaban J connectivity index is 2.60. The second kappa shape index (κ2) is 6.39. The summed E-state index contributed by atoms with van der Waals surface area (Å²) in [5.74, 6) is 0. The molecule has 0 bridgehead atoms. The van der Waals surface area contributed by atoms with Gasteiger partial charge in [-0.3, -0.25) is 0 Å². The molecule has 0 aliphatic carbocycles. The number of sulfonamides is 1. The van der Waals surface area contributed by atoms with Crippen LogP contribution < -0.4 is 4.72 Å². The molecule has 98 valence electrons. The number of nitrogens with zero attached hydrogens (tertiary/aromatic N) is 1. The van der Waals surface area contributed by atoms with E-state index in [0.717, 1.165) is 5.56 Å². The van der Waals surface area contributed by atoms with Crippen LogP contribution in [0.1, 0.15) is 12.5 Å². The SMILES string of the molecule is CC(C#N)S(=O)(=O)NCCc1ccc(Cl)cc1Cl. The Hall–Kier alpha value is -0.800. The summed E-state index contributed by atoms with van der Waals surface area (Å²) >= 11 is 11.7. The van der Waals surface area contributed by atoms with E-state index in [4.69, 9.17) is 28.5 Å². The molecule has 1 aromatic carbocycles. The van der Waals surface area contributed by atoms with Gasteiger partial charge in [0.15, 0.2) is 5.25 Å². The predicted molar refractivity (Wildman–Crippen MR) is 72.2 cm³/mol. The van der Waals surface area contributed by atoms with Gasteiger partial charge in [0.1, 0.15) is 0 Å². The molecule has 0 heterocycles. The van der Waals surface area contributed by atoms with Gasteiger partial charge in [0.2, 0.25) is 10.0 Å². The average Bonchev–Trinajstić information content (AvgIpc) is 2.30. The van der Waals surface area contributed by atoms with Crippen molar-refractivity contribution in [3.05, 3.63) is 33.8 Å². The van der Waals surface area contributed by atoms with Crippen LogP contribution in [0.25, 0.3) is 0 Å². The monoisotopic (exact) mass is 306 g/mol. The first kappa shape index (κ1) is 15.3. The Labute approximate surface area is 117 Å². The number of hydrogen-bond donors (Lipinski definition) is 1. The molecule has 1 atom stereocenters. The molecule has 0 radical (unpaired) electrons. The van der Waals surface area contributed by atoms with E-state index < -0.39 is 15.3 Å². The third kappa shape index (κ3) is 4.14. The number of halogens is 2. The van der Waals surface area contributed by atoms with Crippen LogP contribution in [0.2, 0.25) is 10.0 Å². The standard InChI is InChI=1S/C11H12Cl2N2O2S/c1-8(7-14)18(16,17)15-5-4-9-2-3-10(12)6-11(9)13/h2-3,6,8,15H,4-5H2,1H3. The lowest BCUT2D eigenvalue weighted by molar-refractivity contribution is 0.577. The zero-order valence-electron chi connectivity index (χ0n) is 9.65. The first-order valence-electron chi connectivity index (χ1n) is 5.19. The zero-order chi connectivity index (χ0) is 13.8. The zero-order valence-corrected chi connectivity index (χ0v) is 12.0. The molecule has 0 aliphatic heterocycles. The Kier molecular flexibility index (Phi) is 5.42. The van der Waals surface area contributed by atoms with E-state index in [1.54, 1.807) is 24.3 Å². The van der Waals surface area contributed by atoms with Gasteiger partial charge in [-0.15, -0.1) is 0 Å². The first-order chi connectivity index (χ1) is 8.36. The van der Waals surface area contributed by atoms with Crippen LogP contribution in [0.3, 0.4) is 0 Å². The van der Waals surface area contributed by atoms with Gasteiger partial charge in [0.25, 0.3) is 0 Å². The van der Waals surface area contributed by atoms with Crippen LogP contribution in [-0.4, -0.2) is 20.2 Å². The van der Waals surface area contributed by atoms with Crippen LogP contribution in [0, 0.1) is 11.3 Å². The molecule has 1 unspecified atom stereocenters. The van der Waals surface area contributed by atoms with Crippen LogP contribution >= 0.6 is 23.2 Å². The van der Waals surface area contributed by atoms with Crippen molar-refractivity contribution in [3.8, 4) is 6.07 Å². The fourth-order valence-corrected chi connectivity index (χ4v) is 2.53. The van der Waals surface area contributed by atoms with Gasteiger partial charge in [-0.05, 0) is 31.0 Å². The summed E-state index contributed by atoms with van der Waals surface area (Å²) in [5.41, 5.74) is 0.799. The minimum absolute atomic E-state index is 0.190. The van der Waals surface area contributed by atoms with E-state index in [1.807, 2.05) is 0 Å². The van der Waals surface area contributed by atoms with E-state index in [1.165, 1.54) is 6.92 Å². The summed E-state index contributed by atoms with van der Waals surface area (Å²) in [7, 11) is -3.58. The molecule has 0 amide bonds. The lowest BCUT2D eigenvalue weighted by atomic mass is 10.1. The Morgan fingerprint density at radius 2 is 2.11 bits per heavy atom. The van der Waals surface area contributed by atoms with Crippen molar-refractivity contribution in [3.63, 3.8) is 0 Å². The van der Waals surface area contributed by atoms with Crippen molar-refractivity contribution < 1.29 is 8.42 Å². The summed E-state index contributed by atoms with van der Waals surface area (Å²) in [5, 5.41) is 8.51. The topological polar surface area (TPSA) is 70.0 Å². The molecule has 0 fully saturated rings. The Morgan fingerprint density at radius 3 is 2.67 bits per heavy atom. The third-order valence-corrected chi connectivity index (χ3v) is 4.59. The molecule has 0 saturated carbocycles. The lowest BCUT2D eigenvalue weighted by Gasteiger charge is -2.08. The third-order valence-electron chi connectivity index (χ3n) is 2.36. The van der Waals surface area contributed by atoms with Crippen molar-refractivity contribution in [1.82, 2.24) is 4.72 Å². The summed E-state index contributed by atoms with van der Waals surface area (Å²) < 4.78 is 25.4. The molecule has 1 N–H and O–H groups in total. The van der Waals surface area contributed by atoms with E-state index >= 15 is 0 Å². The number of rotatable bonds is 5. The highest BCUT2D eigenvalue weighted by Gasteiger charge is 2.19. The maximum Gasteiger partial charge on any atom is 0.227 e. The number of benzene rings is 1. The van der Waals surface area contributed by atoms with Crippen molar-refractivity contribution >= 4 is 33.2 Å². The van der Waals surface area contributed by atoms with Gasteiger partial charge < -0.3 is 0 Å². The van der Waals surface area contributed by atoms with E-state index in [0.29, 0.717) is 16.5 Å². The second-order valence-corrected chi connectivity index (χ2v) is 6.63. The number of nitriles is 1. The lowest BCUT2D eigenvalue weighted by Crippen LogP contribution is -2.33. The Morgan fingerprint density at radius 1 is 1.44 bits per heavy atom. The summed E-state index contributed by atoms with van der Waals surface area (Å²) in [6.45, 7) is 1.52. The summed E-state index contributed by atoms with van der Waals surface area (Å²) in [4.78, 5) is 0. The normalized spacial score (nSPS) is 13.0. The van der Waals surface area contributed by atoms with Gasteiger partial charge in [-0.2, -0.15) is 5.26 Å². The highest BCUT2D eigenvalue weighted by Crippen LogP contribution is 2.21. The van der Waals surface area contributed by atoms with E-state index in [-0.39, 0.29) is 6.54 Å². The molecule has 1 rings (SSSR count). The molecule has 18 heavy (non-hydrogen) atoms. The van der Waals surface area contributed by atoms with Gasteiger partial charge in [0.05, 0.1) is 6.07 Å². The molecule has 4 nitrogen and oxygen atoms in total. The van der Waals surface area contributed by atoms with E-state index in [2.05, 4.69) is 4.72 Å². The minimum Gasteiger partial charge on any atom is -0.214 e. The largest absolute Gasteiger partial charge is 0.227 e. The molecule has 0 aromatic heterocycles. The maximum atomic E-state index is 11.5. The predicted octanol–water partition coefficient (Wildman–Crippen LogP) is 2.37. The fourth-order valence-electron chi connectivity index (χ4n) is 1.25. The van der Waals surface area contributed by atoms with Crippen molar-refractivity contribution in [2.45, 2.75) is 18.6 Å². The minimum atomic E-state index is -3.58. The van der Waals surface area contributed by atoms with Crippen LogP contribution in [0.4, 0.5) is 0 Å². The van der Waals surface area contributed by atoms with Gasteiger partial charge in [0, 0.05) is 16.6 Å². The van der Waals surface area contributed by atoms with Crippen molar-refractivity contribution in [2.24, 2.45) is 0 Å². The molecular weight excluding hydrogens is 295 g/mol. The number of hydrogen-bond acceptors (Lipinski definition) is 3. The summed E-state index contributed by atoms with van der Waals surface area (Å²) in [6, 6.07) is 6.71. The van der Waals surface area contributed by atoms with Gasteiger partial charge in [-0.25, -0.2) is 13.1 Å². The van der Waals surface area contributed by atoms with Gasteiger partial charge in [-0.1, -0.05) is 29.3 Å². The maximum absolute atomic E-state index is 11.5. The van der Waals surface area contributed by atoms with Crippen molar-refractivity contribution in [1.29, 1.82) is 5.26 Å². The molecule has 7 heteroatoms. The van der Waals surface area contributed by atoms with Crippen LogP contribution in [0.5, 0.6) is 0 Å². The summed E-state index contributed by atoms with van der Waals surface area (Å²) in [6.07, 6.45) is 0.438. The average molecular weight is 307 g/mol. The quantitative estimate of drug-likeness (QED) is 0.908. The van der Waals surface area contributed by atoms with Gasteiger partial charge >= 0.3 is 0 Å². The first-order valence-corrected chi connectivity index (χ1v) is 7.49. The fraction of sp³-hybridized carbons (Fsp3) is 0.364. The van der Waals surface area contributed by atoms with Crippen LogP contribution in [-0.2, 0) is 16.4 Å². The second-order valence-electron chi connectivity index (χ2n) is 3.70. The highest BCUT2D eigenvalue weighted by atomic mass is 35.5. The van der Waals surface area contributed by atoms with Crippen LogP contribution in [0.15, 0.2) is 18.2 Å².